The third kappa shape index (κ3) is 3.57. The van der Waals surface area contributed by atoms with Gasteiger partial charge < -0.3 is 8.98 Å². The smallest absolute Gasteiger partial charge is 0.135 e. The van der Waals surface area contributed by atoms with Crippen molar-refractivity contribution < 1.29 is 4.42 Å². The first-order chi connectivity index (χ1) is 20.6. The molecular weight excluding hydrogens is 514 g/mol. The topological polar surface area (TPSA) is 54.8 Å². The van der Waals surface area contributed by atoms with E-state index >= 15 is 0 Å². The summed E-state index contributed by atoms with van der Waals surface area (Å²) in [5.74, 6) is 0. The molecule has 4 heteroatoms. The Bertz CT molecular complexity index is 2400. The van der Waals surface area contributed by atoms with E-state index in [1.54, 1.807) is 0 Å². The number of fused-ring (bicyclic) bond motifs is 6. The number of nitrogens with zero attached hydrogens (tertiary/aromatic N) is 3. The molecule has 0 saturated carbocycles. The number of nitriles is 1. The molecule has 0 amide bonds. The lowest BCUT2D eigenvalue weighted by Crippen LogP contribution is -2.00. The van der Waals surface area contributed by atoms with E-state index in [9.17, 15) is 5.26 Å². The van der Waals surface area contributed by atoms with Gasteiger partial charge in [-0.2, -0.15) is 5.26 Å². The van der Waals surface area contributed by atoms with Gasteiger partial charge in [-0.1, -0.05) is 48.5 Å². The molecule has 0 fully saturated rings. The first-order valence-corrected chi connectivity index (χ1v) is 14.0. The van der Waals surface area contributed by atoms with Crippen LogP contribution in [0, 0.1) is 25.2 Å². The molecule has 3 aromatic heterocycles. The van der Waals surface area contributed by atoms with Crippen LogP contribution in [-0.2, 0) is 0 Å². The molecule has 0 unspecified atom stereocenters. The fourth-order valence-corrected chi connectivity index (χ4v) is 6.36. The summed E-state index contributed by atoms with van der Waals surface area (Å²) in [7, 11) is 0. The zero-order valence-electron chi connectivity index (χ0n) is 23.2. The number of aromatic nitrogens is 2. The second kappa shape index (κ2) is 9.19. The molecule has 0 N–H and O–H groups in total. The zero-order chi connectivity index (χ0) is 28.4. The van der Waals surface area contributed by atoms with Crippen LogP contribution in [-0.4, -0.2) is 9.55 Å². The summed E-state index contributed by atoms with van der Waals surface area (Å²) in [6.07, 6.45) is 1.86. The molecular formula is C38H25N3O. The standard InChI is InChI=1S/C38H25N3O/c1-23-8-7-17-40-38(23)31-21-27(41-34-11-5-3-9-28(34)32-18-25(22-39)13-15-35(32)41)20-30(24(31)2)26-14-16-37-33(19-26)29-10-4-6-12-36(29)42-37/h3-21H,1-2H3. The van der Waals surface area contributed by atoms with E-state index in [0.717, 1.165) is 77.4 Å². The van der Waals surface area contributed by atoms with Gasteiger partial charge in [-0.05, 0) is 96.8 Å². The van der Waals surface area contributed by atoms with E-state index in [0.29, 0.717) is 5.56 Å². The van der Waals surface area contributed by atoms with Crippen molar-refractivity contribution >= 4 is 43.7 Å². The van der Waals surface area contributed by atoms with Gasteiger partial charge in [-0.25, -0.2) is 0 Å². The van der Waals surface area contributed by atoms with Gasteiger partial charge in [-0.15, -0.1) is 0 Å². The summed E-state index contributed by atoms with van der Waals surface area (Å²) in [6.45, 7) is 4.30. The third-order valence-corrected chi connectivity index (χ3v) is 8.40. The average molecular weight is 540 g/mol. The fraction of sp³-hybridized carbons (Fsp3) is 0.0526. The van der Waals surface area contributed by atoms with Gasteiger partial charge in [0.25, 0.3) is 0 Å². The van der Waals surface area contributed by atoms with Crippen molar-refractivity contribution in [3.05, 3.63) is 132 Å². The predicted octanol–water partition coefficient (Wildman–Crippen LogP) is 9.90. The molecule has 0 radical (unpaired) electrons. The van der Waals surface area contributed by atoms with Crippen molar-refractivity contribution in [2.45, 2.75) is 13.8 Å². The van der Waals surface area contributed by atoms with Crippen LogP contribution in [0.15, 0.2) is 120 Å². The number of para-hydroxylation sites is 2. The molecule has 0 atom stereocenters. The minimum Gasteiger partial charge on any atom is -0.456 e. The number of benzene rings is 5. The van der Waals surface area contributed by atoms with Crippen molar-refractivity contribution in [3.8, 4) is 34.1 Å². The Balaban J connectivity index is 1.47. The molecule has 4 nitrogen and oxygen atoms in total. The normalized spacial score (nSPS) is 11.5. The SMILES string of the molecule is Cc1cccnc1-c1cc(-n2c3ccccc3c3cc(C#N)ccc32)cc(-c2ccc3oc4ccccc4c3c2)c1C. The Morgan fingerprint density at radius 1 is 0.667 bits per heavy atom. The van der Waals surface area contributed by atoms with Gasteiger partial charge >= 0.3 is 0 Å². The lowest BCUT2D eigenvalue weighted by Gasteiger charge is -2.18. The molecule has 5 aromatic carbocycles. The first kappa shape index (κ1) is 24.2. The van der Waals surface area contributed by atoms with Gasteiger partial charge in [0.15, 0.2) is 0 Å². The summed E-state index contributed by atoms with van der Waals surface area (Å²) in [5, 5.41) is 14.0. The van der Waals surface area contributed by atoms with Crippen LogP contribution in [0.4, 0.5) is 0 Å². The van der Waals surface area contributed by atoms with E-state index in [1.807, 2.05) is 36.5 Å². The van der Waals surface area contributed by atoms with Crippen LogP contribution in [0.2, 0.25) is 0 Å². The summed E-state index contributed by atoms with van der Waals surface area (Å²) in [5.41, 5.74) is 12.2. The van der Waals surface area contributed by atoms with Gasteiger partial charge in [0.05, 0.1) is 28.4 Å². The lowest BCUT2D eigenvalue weighted by atomic mass is 9.91. The monoisotopic (exact) mass is 539 g/mol. The van der Waals surface area contributed by atoms with Crippen molar-refractivity contribution in [1.82, 2.24) is 9.55 Å². The molecule has 8 aromatic rings. The molecule has 0 saturated heterocycles. The lowest BCUT2D eigenvalue weighted by molar-refractivity contribution is 0.669. The second-order valence-electron chi connectivity index (χ2n) is 10.8. The third-order valence-electron chi connectivity index (χ3n) is 8.40. The Hall–Kier alpha value is -5.66. The van der Waals surface area contributed by atoms with Crippen LogP contribution >= 0.6 is 0 Å². The van der Waals surface area contributed by atoms with Crippen molar-refractivity contribution in [2.75, 3.05) is 0 Å². The largest absolute Gasteiger partial charge is 0.456 e. The number of aryl methyl sites for hydroxylation is 1. The van der Waals surface area contributed by atoms with Crippen LogP contribution in [0.5, 0.6) is 0 Å². The van der Waals surface area contributed by atoms with Gasteiger partial charge in [0.2, 0.25) is 0 Å². The highest BCUT2D eigenvalue weighted by molar-refractivity contribution is 6.10. The van der Waals surface area contributed by atoms with E-state index in [2.05, 4.69) is 103 Å². The van der Waals surface area contributed by atoms with E-state index in [1.165, 1.54) is 5.56 Å². The Morgan fingerprint density at radius 2 is 1.43 bits per heavy atom. The van der Waals surface area contributed by atoms with Crippen LogP contribution in [0.3, 0.4) is 0 Å². The van der Waals surface area contributed by atoms with E-state index in [-0.39, 0.29) is 0 Å². The quantitative estimate of drug-likeness (QED) is 0.224. The maximum absolute atomic E-state index is 9.63. The Labute approximate surface area is 242 Å². The molecule has 198 valence electrons. The molecule has 0 spiro atoms. The molecule has 8 rings (SSSR count). The van der Waals surface area contributed by atoms with Crippen molar-refractivity contribution in [2.24, 2.45) is 0 Å². The highest BCUT2D eigenvalue weighted by Crippen LogP contribution is 2.40. The highest BCUT2D eigenvalue weighted by Gasteiger charge is 2.19. The van der Waals surface area contributed by atoms with Crippen LogP contribution < -0.4 is 0 Å². The average Bonchev–Trinajstić information content (AvgIpc) is 3.56. The summed E-state index contributed by atoms with van der Waals surface area (Å²) in [4.78, 5) is 4.84. The second-order valence-corrected chi connectivity index (χ2v) is 10.8. The number of pyridine rings is 1. The highest BCUT2D eigenvalue weighted by atomic mass is 16.3. The Kier molecular flexibility index (Phi) is 5.29. The maximum atomic E-state index is 9.63. The van der Waals surface area contributed by atoms with Gasteiger partial charge in [0.1, 0.15) is 11.2 Å². The van der Waals surface area contributed by atoms with Crippen LogP contribution in [0.1, 0.15) is 16.7 Å². The molecule has 3 heterocycles. The Morgan fingerprint density at radius 3 is 2.29 bits per heavy atom. The minimum absolute atomic E-state index is 0.653. The molecule has 0 aliphatic carbocycles. The summed E-state index contributed by atoms with van der Waals surface area (Å²) < 4.78 is 8.45. The zero-order valence-corrected chi connectivity index (χ0v) is 23.2. The molecule has 42 heavy (non-hydrogen) atoms. The van der Waals surface area contributed by atoms with Gasteiger partial charge in [0, 0.05) is 39.0 Å². The van der Waals surface area contributed by atoms with E-state index < -0.39 is 0 Å². The molecule has 0 aliphatic rings. The van der Waals surface area contributed by atoms with Crippen molar-refractivity contribution in [1.29, 1.82) is 5.26 Å². The van der Waals surface area contributed by atoms with Crippen LogP contribution in [0.25, 0.3) is 71.8 Å². The molecule has 0 aliphatic heterocycles. The number of hydrogen-bond acceptors (Lipinski definition) is 3. The number of rotatable bonds is 3. The predicted molar refractivity (Wildman–Crippen MR) is 171 cm³/mol. The first-order valence-electron chi connectivity index (χ1n) is 14.0. The summed E-state index contributed by atoms with van der Waals surface area (Å²) in [6, 6.07) is 40.0. The maximum Gasteiger partial charge on any atom is 0.135 e. The number of hydrogen-bond donors (Lipinski definition) is 0. The molecule has 0 bridgehead atoms. The number of furan rings is 1. The van der Waals surface area contributed by atoms with E-state index in [4.69, 9.17) is 9.40 Å². The van der Waals surface area contributed by atoms with Crippen molar-refractivity contribution in [3.63, 3.8) is 0 Å². The van der Waals surface area contributed by atoms with Gasteiger partial charge in [-0.3, -0.25) is 4.98 Å². The summed E-state index contributed by atoms with van der Waals surface area (Å²) >= 11 is 0. The fourth-order valence-electron chi connectivity index (χ4n) is 6.36. The minimum atomic E-state index is 0.653.